The van der Waals surface area contributed by atoms with Gasteiger partial charge in [0.1, 0.15) is 11.5 Å². The molecule has 0 amide bonds. The van der Waals surface area contributed by atoms with Crippen molar-refractivity contribution in [2.75, 3.05) is 25.6 Å². The third kappa shape index (κ3) is 13.9. The summed E-state index contributed by atoms with van der Waals surface area (Å²) in [5, 5.41) is 15.6. The number of benzene rings is 2. The standard InChI is InChI=1S/C35H57NO6SSi.Li/c1-28(29-14-9-16-32(25-29)39-21-13-23-44(6,7)8)24-31(27-40-36-34(2,3)18-11-19-35(36,4)5)30-15-10-17-33(26-30)38-20-12-22-43-42-41-37;/h9-10,14-17,25-26,28,31,37H,11-13,18-24,27H2,1-8H3;/q;+1/p-1. The zero-order chi connectivity index (χ0) is 32.2. The van der Waals surface area contributed by atoms with E-state index in [0.29, 0.717) is 24.9 Å². The summed E-state index contributed by atoms with van der Waals surface area (Å²) in [6, 6.07) is 18.3. The van der Waals surface area contributed by atoms with Crippen molar-refractivity contribution < 1.29 is 47.8 Å². The van der Waals surface area contributed by atoms with Crippen LogP contribution in [0.2, 0.25) is 25.7 Å². The summed E-state index contributed by atoms with van der Waals surface area (Å²) in [6.45, 7) is 20.6. The van der Waals surface area contributed by atoms with E-state index in [1.54, 1.807) is 0 Å². The van der Waals surface area contributed by atoms with Gasteiger partial charge in [-0.1, -0.05) is 56.9 Å². The van der Waals surface area contributed by atoms with E-state index in [2.05, 4.69) is 111 Å². The second-order valence-electron chi connectivity index (χ2n) is 14.7. The van der Waals surface area contributed by atoms with E-state index in [-0.39, 0.29) is 35.9 Å². The van der Waals surface area contributed by atoms with Crippen molar-refractivity contribution in [3.8, 4) is 11.5 Å². The number of piperidine rings is 1. The Hall–Kier alpha value is -0.996. The molecule has 1 aliphatic rings. The van der Waals surface area contributed by atoms with E-state index in [0.717, 1.165) is 62.3 Å². The van der Waals surface area contributed by atoms with Gasteiger partial charge in [0.25, 0.3) is 0 Å². The minimum atomic E-state index is -1.06. The molecule has 0 aliphatic carbocycles. The fourth-order valence-electron chi connectivity index (χ4n) is 6.28. The minimum absolute atomic E-state index is 0. The second kappa shape index (κ2) is 19.1. The number of hydrogen-bond acceptors (Lipinski definition) is 8. The van der Waals surface area contributed by atoms with E-state index in [9.17, 15) is 5.26 Å². The van der Waals surface area contributed by atoms with Crippen LogP contribution < -0.4 is 33.6 Å². The first kappa shape index (κ1) is 40.2. The molecule has 2 unspecified atom stereocenters. The molecular formula is C35H56LiNO6SSi. The molecule has 0 spiro atoms. The molecule has 0 bridgehead atoms. The Balaban J connectivity index is 0.00000705. The molecule has 248 valence electrons. The quantitative estimate of drug-likeness (QED) is 0.0630. The van der Waals surface area contributed by atoms with Gasteiger partial charge in [0, 0.05) is 42.9 Å². The van der Waals surface area contributed by atoms with Crippen LogP contribution in [0.1, 0.15) is 96.1 Å². The van der Waals surface area contributed by atoms with Crippen LogP contribution in [0.15, 0.2) is 48.5 Å². The molecule has 0 saturated carbocycles. The Bertz CT molecular complexity index is 1120. The average molecular weight is 654 g/mol. The largest absolute Gasteiger partial charge is 1.00 e. The Morgan fingerprint density at radius 2 is 1.47 bits per heavy atom. The molecule has 0 aromatic heterocycles. The molecule has 10 heteroatoms. The van der Waals surface area contributed by atoms with Crippen LogP contribution in [-0.2, 0) is 14.2 Å². The van der Waals surface area contributed by atoms with E-state index < -0.39 is 8.07 Å². The van der Waals surface area contributed by atoms with E-state index in [1.807, 2.05) is 6.07 Å². The third-order valence-corrected chi connectivity index (χ3v) is 11.0. The van der Waals surface area contributed by atoms with Crippen LogP contribution in [0.4, 0.5) is 0 Å². The summed E-state index contributed by atoms with van der Waals surface area (Å²) in [4.78, 5) is 6.78. The number of hydroxylamine groups is 2. The molecule has 2 atom stereocenters. The van der Waals surface area contributed by atoms with Crippen LogP contribution in [0, 0.1) is 0 Å². The molecule has 1 heterocycles. The first-order valence-electron chi connectivity index (χ1n) is 16.3. The fourth-order valence-corrected chi connectivity index (χ4v) is 7.82. The Morgan fingerprint density at radius 3 is 2.07 bits per heavy atom. The van der Waals surface area contributed by atoms with Crippen LogP contribution in [0.3, 0.4) is 0 Å². The number of ether oxygens (including phenoxy) is 2. The van der Waals surface area contributed by atoms with Crippen molar-refractivity contribution in [3.05, 3.63) is 59.7 Å². The summed E-state index contributed by atoms with van der Waals surface area (Å²) in [7, 11) is -1.06. The van der Waals surface area contributed by atoms with Crippen molar-refractivity contribution in [2.24, 2.45) is 0 Å². The van der Waals surface area contributed by atoms with Gasteiger partial charge in [-0.25, -0.2) is 0 Å². The van der Waals surface area contributed by atoms with Gasteiger partial charge in [0.2, 0.25) is 0 Å². The monoisotopic (exact) mass is 653 g/mol. The number of rotatable bonds is 19. The molecule has 0 N–H and O–H groups in total. The van der Waals surface area contributed by atoms with Crippen molar-refractivity contribution in [1.82, 2.24) is 5.06 Å². The third-order valence-electron chi connectivity index (χ3n) is 8.53. The predicted molar refractivity (Wildman–Crippen MR) is 181 cm³/mol. The Morgan fingerprint density at radius 1 is 0.889 bits per heavy atom. The van der Waals surface area contributed by atoms with Gasteiger partial charge in [-0.15, -0.1) is 0 Å². The summed E-state index contributed by atoms with van der Waals surface area (Å²) < 4.78 is 16.6. The smallest absolute Gasteiger partial charge is 0.691 e. The topological polar surface area (TPSA) is 72.5 Å². The summed E-state index contributed by atoms with van der Waals surface area (Å²) in [6.07, 6.45) is 6.23. The maximum atomic E-state index is 9.98. The second-order valence-corrected chi connectivity index (χ2v) is 21.1. The van der Waals surface area contributed by atoms with Crippen LogP contribution in [0.25, 0.3) is 0 Å². The van der Waals surface area contributed by atoms with Gasteiger partial charge < -0.3 is 14.7 Å². The molecule has 1 fully saturated rings. The van der Waals surface area contributed by atoms with Gasteiger partial charge >= 0.3 is 18.9 Å². The number of nitrogens with zero attached hydrogens (tertiary/aromatic N) is 1. The molecule has 3 rings (SSSR count). The van der Waals surface area contributed by atoms with Crippen LogP contribution >= 0.6 is 12.0 Å². The van der Waals surface area contributed by atoms with E-state index in [1.165, 1.54) is 23.6 Å². The first-order valence-corrected chi connectivity index (χ1v) is 20.9. The number of hydrogen-bond donors (Lipinski definition) is 0. The van der Waals surface area contributed by atoms with Gasteiger partial charge in [-0.2, -0.15) is 9.40 Å². The van der Waals surface area contributed by atoms with Gasteiger partial charge in [0.15, 0.2) is 0 Å². The molecule has 2 aromatic carbocycles. The molecule has 0 radical (unpaired) electrons. The predicted octanol–water partition coefficient (Wildman–Crippen LogP) is 5.69. The molecule has 7 nitrogen and oxygen atoms in total. The first-order chi connectivity index (χ1) is 20.8. The van der Waals surface area contributed by atoms with E-state index >= 15 is 0 Å². The van der Waals surface area contributed by atoms with Gasteiger partial charge in [-0.05, 0) is 108 Å². The van der Waals surface area contributed by atoms with Crippen molar-refractivity contribution in [1.29, 1.82) is 0 Å². The maximum Gasteiger partial charge on any atom is 1.00 e. The van der Waals surface area contributed by atoms with E-state index in [4.69, 9.17) is 14.3 Å². The Labute approximate surface area is 290 Å². The normalized spacial score (nSPS) is 17.7. The molecule has 1 saturated heterocycles. The van der Waals surface area contributed by atoms with Crippen LogP contribution in [0.5, 0.6) is 11.5 Å². The SMILES string of the molecule is CC(CC(CON1C(C)(C)CCCC1(C)C)c1cccc(OCCCSOO[O-])c1)c1cccc(OCCC[Si](C)(C)C)c1.[Li+]. The van der Waals surface area contributed by atoms with Crippen molar-refractivity contribution in [2.45, 2.75) is 122 Å². The molecular weight excluding hydrogens is 597 g/mol. The fraction of sp³-hybridized carbons (Fsp3) is 0.657. The summed E-state index contributed by atoms with van der Waals surface area (Å²) >= 11 is 0.985. The zero-order valence-corrected chi connectivity index (χ0v) is 31.2. The van der Waals surface area contributed by atoms with Crippen molar-refractivity contribution in [3.63, 3.8) is 0 Å². The van der Waals surface area contributed by atoms with Crippen LogP contribution in [-0.4, -0.2) is 49.8 Å². The van der Waals surface area contributed by atoms with Gasteiger partial charge in [-0.3, -0.25) is 9.88 Å². The van der Waals surface area contributed by atoms with Crippen molar-refractivity contribution >= 4 is 20.1 Å². The molecule has 1 aliphatic heterocycles. The summed E-state index contributed by atoms with van der Waals surface area (Å²) in [5.74, 6) is 2.87. The van der Waals surface area contributed by atoms with Gasteiger partial charge in [0.05, 0.1) is 19.8 Å². The average Bonchev–Trinajstić information content (AvgIpc) is 2.95. The minimum Gasteiger partial charge on any atom is -0.691 e. The zero-order valence-electron chi connectivity index (χ0n) is 29.4. The summed E-state index contributed by atoms with van der Waals surface area (Å²) in [5.41, 5.74) is 2.44. The molecule has 45 heavy (non-hydrogen) atoms. The molecule has 2 aromatic rings. The maximum absolute atomic E-state index is 9.98. The Kier molecular flexibility index (Phi) is 17.1.